The predicted molar refractivity (Wildman–Crippen MR) is 120 cm³/mol. The van der Waals surface area contributed by atoms with Crippen molar-refractivity contribution in [1.82, 2.24) is 15.0 Å². The zero-order valence-corrected chi connectivity index (χ0v) is 18.0. The second-order valence-electron chi connectivity index (χ2n) is 6.59. The zero-order valence-electron chi connectivity index (χ0n) is 16.4. The molecule has 1 amide bonds. The molecule has 0 spiro atoms. The molecule has 0 saturated carbocycles. The zero-order chi connectivity index (χ0) is 20.4. The summed E-state index contributed by atoms with van der Waals surface area (Å²) in [4.78, 5) is 27.9. The monoisotopic (exact) mass is 420 g/mol. The number of carbonyl (C=O) groups is 1. The molecule has 7 heteroatoms. The maximum Gasteiger partial charge on any atom is 0.269 e. The molecule has 3 heterocycles. The van der Waals surface area contributed by atoms with Crippen molar-refractivity contribution >= 4 is 33.7 Å². The Bertz CT molecular complexity index is 1150. The number of anilines is 1. The van der Waals surface area contributed by atoms with Gasteiger partial charge in [0.15, 0.2) is 5.13 Å². The van der Waals surface area contributed by atoms with Gasteiger partial charge in [0.25, 0.3) is 5.91 Å². The van der Waals surface area contributed by atoms with Gasteiger partial charge in [-0.2, -0.15) is 0 Å². The van der Waals surface area contributed by atoms with E-state index in [-0.39, 0.29) is 5.91 Å². The van der Waals surface area contributed by atoms with E-state index in [1.54, 1.807) is 6.20 Å². The second-order valence-corrected chi connectivity index (χ2v) is 8.58. The molecule has 4 aromatic rings. The van der Waals surface area contributed by atoms with Crippen LogP contribution in [0.15, 0.2) is 48.7 Å². The average Bonchev–Trinajstić information content (AvgIpc) is 3.31. The highest BCUT2D eigenvalue weighted by Crippen LogP contribution is 2.33. The Morgan fingerprint density at radius 1 is 1.00 bits per heavy atom. The number of carbonyl (C=O) groups excluding carboxylic acids is 1. The van der Waals surface area contributed by atoms with E-state index in [0.717, 1.165) is 39.0 Å². The summed E-state index contributed by atoms with van der Waals surface area (Å²) in [5.41, 5.74) is 4.73. The summed E-state index contributed by atoms with van der Waals surface area (Å²) in [6, 6.07) is 14.1. The van der Waals surface area contributed by atoms with Gasteiger partial charge in [-0.05, 0) is 38.0 Å². The van der Waals surface area contributed by atoms with E-state index in [4.69, 9.17) is 0 Å². The van der Waals surface area contributed by atoms with Crippen LogP contribution in [0.25, 0.3) is 21.1 Å². The van der Waals surface area contributed by atoms with Crippen molar-refractivity contribution < 1.29 is 4.79 Å². The minimum atomic E-state index is -0.183. The Balaban J connectivity index is 1.55. The number of rotatable bonds is 5. The number of pyridine rings is 1. The average molecular weight is 421 g/mol. The molecule has 5 nitrogen and oxygen atoms in total. The van der Waals surface area contributed by atoms with Gasteiger partial charge >= 0.3 is 0 Å². The molecule has 0 aliphatic carbocycles. The molecule has 0 unspecified atom stereocenters. The molecule has 1 aromatic carbocycles. The molecule has 0 atom stereocenters. The van der Waals surface area contributed by atoms with Crippen LogP contribution in [0.3, 0.4) is 0 Å². The Morgan fingerprint density at radius 3 is 2.48 bits per heavy atom. The van der Waals surface area contributed by atoms with Gasteiger partial charge in [-0.1, -0.05) is 48.6 Å². The van der Waals surface area contributed by atoms with Crippen molar-refractivity contribution in [3.8, 4) is 21.1 Å². The highest BCUT2D eigenvalue weighted by Gasteiger charge is 2.19. The first kappa shape index (κ1) is 19.4. The Morgan fingerprint density at radius 2 is 1.79 bits per heavy atom. The minimum Gasteiger partial charge on any atom is -0.297 e. The molecule has 4 rings (SSSR count). The van der Waals surface area contributed by atoms with E-state index in [0.29, 0.717) is 10.0 Å². The van der Waals surface area contributed by atoms with Crippen molar-refractivity contribution in [3.63, 3.8) is 0 Å². The van der Waals surface area contributed by atoms with Gasteiger partial charge in [0.05, 0.1) is 22.0 Å². The summed E-state index contributed by atoms with van der Waals surface area (Å²) < 4.78 is 0. The lowest BCUT2D eigenvalue weighted by atomic mass is 10.1. The predicted octanol–water partition coefficient (Wildman–Crippen LogP) is 5.76. The largest absolute Gasteiger partial charge is 0.297 e. The summed E-state index contributed by atoms with van der Waals surface area (Å²) in [5, 5.41) is 4.34. The van der Waals surface area contributed by atoms with Crippen LogP contribution in [-0.2, 0) is 6.42 Å². The lowest BCUT2D eigenvalue weighted by molar-refractivity contribution is 0.103. The first-order valence-corrected chi connectivity index (χ1v) is 11.0. The molecule has 0 saturated heterocycles. The van der Waals surface area contributed by atoms with Gasteiger partial charge in [0.2, 0.25) is 0 Å². The van der Waals surface area contributed by atoms with Gasteiger partial charge in [-0.3, -0.25) is 15.1 Å². The number of nitrogens with one attached hydrogen (secondary N) is 1. The third-order valence-corrected chi connectivity index (χ3v) is 6.83. The maximum absolute atomic E-state index is 12.8. The topological polar surface area (TPSA) is 67.8 Å². The number of benzene rings is 1. The molecule has 0 aliphatic heterocycles. The van der Waals surface area contributed by atoms with Gasteiger partial charge in [-0.25, -0.2) is 9.97 Å². The van der Waals surface area contributed by atoms with Crippen LogP contribution in [0.4, 0.5) is 5.13 Å². The summed E-state index contributed by atoms with van der Waals surface area (Å²) in [6.07, 6.45) is 2.75. The number of nitrogens with zero attached hydrogens (tertiary/aromatic N) is 3. The summed E-state index contributed by atoms with van der Waals surface area (Å²) in [5.74, 6) is -0.183. The van der Waals surface area contributed by atoms with Crippen LogP contribution in [0.2, 0.25) is 0 Å². The highest BCUT2D eigenvalue weighted by atomic mass is 32.1. The SMILES string of the molecule is CCc1ccc(-c2nc(C)c(C(=O)Nc3nc(C)c(-c4ccccn4)s3)s2)cc1. The van der Waals surface area contributed by atoms with Crippen LogP contribution in [0.5, 0.6) is 0 Å². The number of thiazole rings is 2. The summed E-state index contributed by atoms with van der Waals surface area (Å²) in [7, 11) is 0. The van der Waals surface area contributed by atoms with Crippen molar-refractivity contribution in [1.29, 1.82) is 0 Å². The van der Waals surface area contributed by atoms with Crippen LogP contribution >= 0.6 is 22.7 Å². The molecule has 0 bridgehead atoms. The highest BCUT2D eigenvalue weighted by molar-refractivity contribution is 7.19. The fourth-order valence-corrected chi connectivity index (χ4v) is 4.86. The number of aromatic nitrogens is 3. The molecular formula is C22H20N4OS2. The van der Waals surface area contributed by atoms with Crippen molar-refractivity contribution in [2.24, 2.45) is 0 Å². The lowest BCUT2D eigenvalue weighted by Crippen LogP contribution is -2.11. The molecule has 29 heavy (non-hydrogen) atoms. The van der Waals surface area contributed by atoms with Gasteiger partial charge in [0, 0.05) is 11.8 Å². The fraction of sp³-hybridized carbons (Fsp3) is 0.182. The Kier molecular flexibility index (Phi) is 5.51. The van der Waals surface area contributed by atoms with Gasteiger partial charge in [-0.15, -0.1) is 11.3 Å². The van der Waals surface area contributed by atoms with E-state index >= 15 is 0 Å². The molecule has 3 aromatic heterocycles. The number of aryl methyl sites for hydroxylation is 3. The molecule has 1 N–H and O–H groups in total. The van der Waals surface area contributed by atoms with E-state index in [9.17, 15) is 4.79 Å². The first-order valence-electron chi connectivity index (χ1n) is 9.32. The standard InChI is InChI=1S/C22H20N4OS2/c1-4-15-8-10-16(11-9-15)21-24-14(3)19(28-21)20(27)26-22-25-13(2)18(29-22)17-7-5-6-12-23-17/h5-12H,4H2,1-3H3,(H,25,26,27). The van der Waals surface area contributed by atoms with Crippen molar-refractivity contribution in [2.45, 2.75) is 27.2 Å². The van der Waals surface area contributed by atoms with Crippen molar-refractivity contribution in [3.05, 3.63) is 70.5 Å². The third kappa shape index (κ3) is 4.11. The number of hydrogen-bond acceptors (Lipinski definition) is 6. The van der Waals surface area contributed by atoms with Crippen LogP contribution in [0.1, 0.15) is 33.5 Å². The van der Waals surface area contributed by atoms with E-state index in [1.165, 1.54) is 28.2 Å². The molecule has 0 aliphatic rings. The maximum atomic E-state index is 12.8. The summed E-state index contributed by atoms with van der Waals surface area (Å²) in [6.45, 7) is 5.92. The van der Waals surface area contributed by atoms with E-state index < -0.39 is 0 Å². The number of amides is 1. The van der Waals surface area contributed by atoms with Crippen LogP contribution < -0.4 is 5.32 Å². The normalized spacial score (nSPS) is 10.9. The minimum absolute atomic E-state index is 0.183. The van der Waals surface area contributed by atoms with Crippen LogP contribution in [0, 0.1) is 13.8 Å². The van der Waals surface area contributed by atoms with E-state index in [1.807, 2.05) is 32.0 Å². The summed E-state index contributed by atoms with van der Waals surface area (Å²) >= 11 is 2.83. The lowest BCUT2D eigenvalue weighted by Gasteiger charge is -1.99. The third-order valence-electron chi connectivity index (χ3n) is 4.53. The van der Waals surface area contributed by atoms with E-state index in [2.05, 4.69) is 51.5 Å². The molecule has 146 valence electrons. The first-order chi connectivity index (χ1) is 14.0. The molecule has 0 radical (unpaired) electrons. The molecular weight excluding hydrogens is 400 g/mol. The van der Waals surface area contributed by atoms with Crippen molar-refractivity contribution in [2.75, 3.05) is 5.32 Å². The quantitative estimate of drug-likeness (QED) is 0.446. The second kappa shape index (κ2) is 8.23. The Labute approximate surface area is 177 Å². The smallest absolute Gasteiger partial charge is 0.269 e. The molecule has 0 fully saturated rings. The van der Waals surface area contributed by atoms with Crippen LogP contribution in [-0.4, -0.2) is 20.9 Å². The Hall–Kier alpha value is -2.90. The fourth-order valence-electron chi connectivity index (χ4n) is 2.95. The van der Waals surface area contributed by atoms with Gasteiger partial charge < -0.3 is 0 Å². The van der Waals surface area contributed by atoms with Gasteiger partial charge in [0.1, 0.15) is 9.88 Å². The number of hydrogen-bond donors (Lipinski definition) is 1.